The first-order chi connectivity index (χ1) is 7.91. The number of nitrogens with two attached hydrogens (primary N) is 1. The van der Waals surface area contributed by atoms with Crippen LogP contribution in [0.5, 0.6) is 0 Å². The van der Waals surface area contributed by atoms with Crippen LogP contribution >= 0.6 is 0 Å². The van der Waals surface area contributed by atoms with E-state index in [1.807, 2.05) is 0 Å². The van der Waals surface area contributed by atoms with Crippen LogP contribution in [-0.4, -0.2) is 24.2 Å². The number of hydrogen-bond donors (Lipinski definition) is 2. The van der Waals surface area contributed by atoms with Crippen molar-refractivity contribution in [3.8, 4) is 0 Å². The highest BCUT2D eigenvalue weighted by Crippen LogP contribution is 2.33. The number of anilines is 1. The SMILES string of the molecule is NC(=O)OCCNc1ncccc1C(F)(F)F. The van der Waals surface area contributed by atoms with Crippen LogP contribution in [0.4, 0.5) is 23.8 Å². The number of carbonyl (C=O) groups is 1. The number of carbonyl (C=O) groups excluding carboxylic acids is 1. The fraction of sp³-hybridized carbons (Fsp3) is 0.333. The number of hydrogen-bond acceptors (Lipinski definition) is 4. The van der Waals surface area contributed by atoms with E-state index in [1.165, 1.54) is 12.3 Å². The molecule has 0 spiro atoms. The van der Waals surface area contributed by atoms with Crippen LogP contribution in [0, 0.1) is 0 Å². The molecule has 0 bridgehead atoms. The van der Waals surface area contributed by atoms with Crippen LogP contribution in [0.3, 0.4) is 0 Å². The van der Waals surface area contributed by atoms with E-state index in [-0.39, 0.29) is 19.0 Å². The summed E-state index contributed by atoms with van der Waals surface area (Å²) in [6.07, 6.45) is -4.24. The van der Waals surface area contributed by atoms with Crippen LogP contribution in [0.1, 0.15) is 5.56 Å². The molecule has 8 heteroatoms. The van der Waals surface area contributed by atoms with Crippen molar-refractivity contribution >= 4 is 11.9 Å². The Balaban J connectivity index is 2.62. The summed E-state index contributed by atoms with van der Waals surface area (Å²) in [5.41, 5.74) is 3.81. The minimum absolute atomic E-state index is 0.0109. The van der Waals surface area contributed by atoms with Gasteiger partial charge < -0.3 is 15.8 Å². The number of aromatic nitrogens is 1. The molecule has 1 aromatic heterocycles. The number of primary amides is 1. The van der Waals surface area contributed by atoms with Crippen molar-refractivity contribution in [2.75, 3.05) is 18.5 Å². The van der Waals surface area contributed by atoms with Gasteiger partial charge in [-0.2, -0.15) is 13.2 Å². The molecule has 0 aliphatic carbocycles. The first-order valence-electron chi connectivity index (χ1n) is 4.59. The fourth-order valence-electron chi connectivity index (χ4n) is 1.10. The molecule has 0 aromatic carbocycles. The van der Waals surface area contributed by atoms with Crippen molar-refractivity contribution in [3.63, 3.8) is 0 Å². The van der Waals surface area contributed by atoms with Crippen molar-refractivity contribution in [2.24, 2.45) is 5.73 Å². The molecule has 0 aliphatic heterocycles. The summed E-state index contributed by atoms with van der Waals surface area (Å²) in [5.74, 6) is -0.312. The number of alkyl halides is 3. The number of nitrogens with zero attached hydrogens (tertiary/aromatic N) is 1. The Labute approximate surface area is 94.8 Å². The van der Waals surface area contributed by atoms with Gasteiger partial charge in [-0.25, -0.2) is 9.78 Å². The fourth-order valence-corrected chi connectivity index (χ4v) is 1.10. The lowest BCUT2D eigenvalue weighted by Gasteiger charge is -2.12. The second-order valence-electron chi connectivity index (χ2n) is 2.99. The number of rotatable bonds is 4. The van der Waals surface area contributed by atoms with E-state index in [0.717, 1.165) is 6.07 Å². The molecule has 5 nitrogen and oxygen atoms in total. The Morgan fingerprint density at radius 3 is 2.82 bits per heavy atom. The average Bonchev–Trinajstić information content (AvgIpc) is 2.23. The number of halogens is 3. The Morgan fingerprint density at radius 2 is 2.24 bits per heavy atom. The number of ether oxygens (including phenoxy) is 1. The second-order valence-corrected chi connectivity index (χ2v) is 2.99. The van der Waals surface area contributed by atoms with Gasteiger partial charge >= 0.3 is 12.3 Å². The molecule has 1 aromatic rings. The van der Waals surface area contributed by atoms with Crippen molar-refractivity contribution in [3.05, 3.63) is 23.9 Å². The maximum atomic E-state index is 12.5. The zero-order valence-corrected chi connectivity index (χ0v) is 8.62. The van der Waals surface area contributed by atoms with Gasteiger partial charge in [0.25, 0.3) is 0 Å². The third-order valence-corrected chi connectivity index (χ3v) is 1.75. The molecule has 0 saturated heterocycles. The van der Waals surface area contributed by atoms with Crippen LogP contribution in [0.25, 0.3) is 0 Å². The minimum Gasteiger partial charge on any atom is -0.448 e. The van der Waals surface area contributed by atoms with E-state index in [9.17, 15) is 18.0 Å². The largest absolute Gasteiger partial charge is 0.448 e. The molecule has 1 heterocycles. The molecule has 0 radical (unpaired) electrons. The zero-order chi connectivity index (χ0) is 12.9. The molecule has 0 aliphatic rings. The lowest BCUT2D eigenvalue weighted by molar-refractivity contribution is -0.137. The highest BCUT2D eigenvalue weighted by molar-refractivity contribution is 5.64. The van der Waals surface area contributed by atoms with Crippen LogP contribution in [0.2, 0.25) is 0 Å². The maximum Gasteiger partial charge on any atom is 0.419 e. The highest BCUT2D eigenvalue weighted by Gasteiger charge is 2.33. The molecule has 0 saturated carbocycles. The molecule has 17 heavy (non-hydrogen) atoms. The van der Waals surface area contributed by atoms with E-state index >= 15 is 0 Å². The number of nitrogens with one attached hydrogen (secondary N) is 1. The summed E-state index contributed by atoms with van der Waals surface area (Å²) in [4.78, 5) is 13.8. The van der Waals surface area contributed by atoms with E-state index in [4.69, 9.17) is 0 Å². The second kappa shape index (κ2) is 5.37. The summed E-state index contributed by atoms with van der Waals surface area (Å²) in [6.45, 7) is -0.147. The molecular formula is C9H10F3N3O2. The van der Waals surface area contributed by atoms with Crippen LogP contribution in [0.15, 0.2) is 18.3 Å². The molecule has 0 unspecified atom stereocenters. The Morgan fingerprint density at radius 1 is 1.53 bits per heavy atom. The van der Waals surface area contributed by atoms with Crippen molar-refractivity contribution in [1.82, 2.24) is 4.98 Å². The summed E-state index contributed by atoms with van der Waals surface area (Å²) >= 11 is 0. The van der Waals surface area contributed by atoms with Gasteiger partial charge in [-0.1, -0.05) is 0 Å². The summed E-state index contributed by atoms with van der Waals surface area (Å²) in [7, 11) is 0. The molecule has 3 N–H and O–H groups in total. The Bertz CT molecular complexity index is 395. The first-order valence-corrected chi connectivity index (χ1v) is 4.59. The quantitative estimate of drug-likeness (QED) is 0.794. The smallest absolute Gasteiger partial charge is 0.419 e. The monoisotopic (exact) mass is 249 g/mol. The number of amides is 1. The van der Waals surface area contributed by atoms with Crippen LogP contribution in [-0.2, 0) is 10.9 Å². The zero-order valence-electron chi connectivity index (χ0n) is 8.62. The standard InChI is InChI=1S/C9H10F3N3O2/c10-9(11,12)6-2-1-3-14-7(6)15-4-5-17-8(13)16/h1-3H,4-5H2,(H2,13,16)(H,14,15). The van der Waals surface area contributed by atoms with Gasteiger partial charge in [-0.05, 0) is 12.1 Å². The van der Waals surface area contributed by atoms with Gasteiger partial charge in [0.1, 0.15) is 12.4 Å². The van der Waals surface area contributed by atoms with Gasteiger partial charge in [0, 0.05) is 6.20 Å². The Kier molecular flexibility index (Phi) is 4.13. The number of pyridine rings is 1. The van der Waals surface area contributed by atoms with Gasteiger partial charge in [-0.15, -0.1) is 0 Å². The lowest BCUT2D eigenvalue weighted by Crippen LogP contribution is -2.20. The van der Waals surface area contributed by atoms with Crippen molar-refractivity contribution < 1.29 is 22.7 Å². The third-order valence-electron chi connectivity index (χ3n) is 1.75. The average molecular weight is 249 g/mol. The maximum absolute atomic E-state index is 12.5. The topological polar surface area (TPSA) is 77.2 Å². The van der Waals surface area contributed by atoms with E-state index in [1.54, 1.807) is 0 Å². The summed E-state index contributed by atoms with van der Waals surface area (Å²) in [6, 6.07) is 2.10. The highest BCUT2D eigenvalue weighted by atomic mass is 19.4. The normalized spacial score (nSPS) is 11.0. The van der Waals surface area contributed by atoms with Gasteiger partial charge in [0.15, 0.2) is 0 Å². The molecular weight excluding hydrogens is 239 g/mol. The van der Waals surface area contributed by atoms with Gasteiger partial charge in [0.2, 0.25) is 0 Å². The molecule has 0 fully saturated rings. The summed E-state index contributed by atoms with van der Waals surface area (Å²) in [5, 5.41) is 2.41. The summed E-state index contributed by atoms with van der Waals surface area (Å²) < 4.78 is 41.9. The predicted octanol–water partition coefficient (Wildman–Crippen LogP) is 1.61. The Hall–Kier alpha value is -1.99. The van der Waals surface area contributed by atoms with Crippen molar-refractivity contribution in [2.45, 2.75) is 6.18 Å². The first kappa shape index (κ1) is 13.1. The van der Waals surface area contributed by atoms with E-state index < -0.39 is 17.8 Å². The van der Waals surface area contributed by atoms with E-state index in [2.05, 4.69) is 20.8 Å². The molecule has 1 rings (SSSR count). The minimum atomic E-state index is -4.48. The van der Waals surface area contributed by atoms with Crippen molar-refractivity contribution in [1.29, 1.82) is 0 Å². The lowest BCUT2D eigenvalue weighted by atomic mass is 10.2. The predicted molar refractivity (Wildman–Crippen MR) is 53.3 cm³/mol. The molecule has 0 atom stereocenters. The van der Waals surface area contributed by atoms with Gasteiger partial charge in [0.05, 0.1) is 12.1 Å². The van der Waals surface area contributed by atoms with E-state index in [0.29, 0.717) is 0 Å². The van der Waals surface area contributed by atoms with Gasteiger partial charge in [-0.3, -0.25) is 0 Å². The third kappa shape index (κ3) is 4.17. The molecule has 1 amide bonds. The molecule has 94 valence electrons. The van der Waals surface area contributed by atoms with Crippen LogP contribution < -0.4 is 11.1 Å².